The average Bonchev–Trinajstić information content (AvgIpc) is 2.48. The Hall–Kier alpha value is -1.92. The van der Waals surface area contributed by atoms with Crippen LogP contribution >= 0.6 is 0 Å². The summed E-state index contributed by atoms with van der Waals surface area (Å²) in [7, 11) is 0. The van der Waals surface area contributed by atoms with Gasteiger partial charge in [-0.25, -0.2) is 4.79 Å². The number of hydrogen-bond donors (Lipinski definition) is 1. The van der Waals surface area contributed by atoms with Crippen molar-refractivity contribution in [3.63, 3.8) is 0 Å². The number of hydrogen-bond acceptors (Lipinski definition) is 5. The topological polar surface area (TPSA) is 73.9 Å². The fraction of sp³-hybridized carbons (Fsp3) is 0.467. The summed E-state index contributed by atoms with van der Waals surface area (Å²) in [5, 5.41) is 2.58. The molecule has 4 atom stereocenters. The molecular formula is C15H17NO5. The van der Waals surface area contributed by atoms with Gasteiger partial charge in [0.1, 0.15) is 12.1 Å². The van der Waals surface area contributed by atoms with Crippen LogP contribution in [0.25, 0.3) is 0 Å². The highest BCUT2D eigenvalue weighted by Crippen LogP contribution is 2.32. The molecule has 0 aliphatic carbocycles. The van der Waals surface area contributed by atoms with Crippen LogP contribution in [0.4, 0.5) is 0 Å². The largest absolute Gasteiger partial charge is 0.456 e. The number of benzene rings is 1. The zero-order valence-corrected chi connectivity index (χ0v) is 11.7. The number of carbonyl (C=O) groups is 2. The molecule has 3 rings (SSSR count). The maximum Gasteiger partial charge on any atom is 0.329 e. The summed E-state index contributed by atoms with van der Waals surface area (Å²) < 4.78 is 16.8. The Morgan fingerprint density at radius 1 is 1.24 bits per heavy atom. The smallest absolute Gasteiger partial charge is 0.329 e. The van der Waals surface area contributed by atoms with Crippen LogP contribution in [0.5, 0.6) is 0 Å². The van der Waals surface area contributed by atoms with Gasteiger partial charge in [-0.3, -0.25) is 4.79 Å². The van der Waals surface area contributed by atoms with Gasteiger partial charge >= 0.3 is 5.97 Å². The number of rotatable bonds is 2. The third-order valence-corrected chi connectivity index (χ3v) is 3.59. The third kappa shape index (κ3) is 3.06. The fourth-order valence-corrected chi connectivity index (χ4v) is 2.60. The first kappa shape index (κ1) is 14.0. The van der Waals surface area contributed by atoms with E-state index in [4.69, 9.17) is 14.2 Å². The van der Waals surface area contributed by atoms with Gasteiger partial charge in [-0.15, -0.1) is 0 Å². The molecule has 1 amide bonds. The van der Waals surface area contributed by atoms with Gasteiger partial charge in [0, 0.05) is 18.9 Å². The Morgan fingerprint density at radius 2 is 2.00 bits per heavy atom. The SMILES string of the molecule is CC(=O)N[C@H]1C[C@@H]2O[C@H](c3ccccc3)OC[C@H]2OC1=O. The van der Waals surface area contributed by atoms with Crippen molar-refractivity contribution in [1.29, 1.82) is 0 Å². The molecule has 21 heavy (non-hydrogen) atoms. The summed E-state index contributed by atoms with van der Waals surface area (Å²) in [6.07, 6.45) is -0.765. The van der Waals surface area contributed by atoms with Crippen LogP contribution in [0.3, 0.4) is 0 Å². The Balaban J connectivity index is 1.69. The van der Waals surface area contributed by atoms with Gasteiger partial charge in [-0.2, -0.15) is 0 Å². The van der Waals surface area contributed by atoms with Crippen LogP contribution in [-0.2, 0) is 23.8 Å². The van der Waals surface area contributed by atoms with Crippen molar-refractivity contribution in [3.05, 3.63) is 35.9 Å². The van der Waals surface area contributed by atoms with Gasteiger partial charge in [-0.05, 0) is 0 Å². The second kappa shape index (κ2) is 5.83. The molecule has 0 aromatic heterocycles. The lowest BCUT2D eigenvalue weighted by Gasteiger charge is -2.41. The lowest BCUT2D eigenvalue weighted by molar-refractivity contribution is -0.273. The van der Waals surface area contributed by atoms with Crippen LogP contribution in [0.2, 0.25) is 0 Å². The fourth-order valence-electron chi connectivity index (χ4n) is 2.60. The summed E-state index contributed by atoms with van der Waals surface area (Å²) in [5.41, 5.74) is 0.920. The number of esters is 1. The standard InChI is InChI=1S/C15H17NO5/c1-9(17)16-11-7-12-13(20-14(11)18)8-19-15(21-12)10-5-3-2-4-6-10/h2-6,11-13,15H,7-8H2,1H3,(H,16,17)/t11-,12-,13+,15+/m0/s1. The van der Waals surface area contributed by atoms with Gasteiger partial charge in [0.05, 0.1) is 6.61 Å². The van der Waals surface area contributed by atoms with Crippen LogP contribution in [0.1, 0.15) is 25.2 Å². The van der Waals surface area contributed by atoms with Crippen molar-refractivity contribution in [2.45, 2.75) is 37.9 Å². The molecule has 2 aliphatic heterocycles. The van der Waals surface area contributed by atoms with E-state index in [0.29, 0.717) is 13.0 Å². The minimum atomic E-state index is -0.654. The van der Waals surface area contributed by atoms with E-state index in [1.54, 1.807) is 0 Å². The molecule has 2 fully saturated rings. The molecule has 2 aliphatic rings. The maximum atomic E-state index is 11.8. The van der Waals surface area contributed by atoms with E-state index in [9.17, 15) is 9.59 Å². The van der Waals surface area contributed by atoms with Crippen LogP contribution in [0, 0.1) is 0 Å². The second-order valence-corrected chi connectivity index (χ2v) is 5.21. The van der Waals surface area contributed by atoms with Crippen molar-refractivity contribution in [2.75, 3.05) is 6.61 Å². The van der Waals surface area contributed by atoms with Gasteiger partial charge in [0.2, 0.25) is 5.91 Å². The van der Waals surface area contributed by atoms with Crippen molar-refractivity contribution in [1.82, 2.24) is 5.32 Å². The Bertz CT molecular complexity index is 532. The first-order valence-corrected chi connectivity index (χ1v) is 6.93. The monoisotopic (exact) mass is 291 g/mol. The summed E-state index contributed by atoms with van der Waals surface area (Å²) in [6, 6.07) is 8.93. The molecule has 2 heterocycles. The lowest BCUT2D eigenvalue weighted by Crippen LogP contribution is -2.55. The predicted octanol–water partition coefficient (Wildman–Crippen LogP) is 0.921. The molecule has 0 radical (unpaired) electrons. The number of nitrogens with one attached hydrogen (secondary N) is 1. The molecule has 1 N–H and O–H groups in total. The van der Waals surface area contributed by atoms with Crippen molar-refractivity contribution >= 4 is 11.9 Å². The summed E-state index contributed by atoms with van der Waals surface area (Å²) in [6.45, 7) is 1.67. The first-order valence-electron chi connectivity index (χ1n) is 6.93. The summed E-state index contributed by atoms with van der Waals surface area (Å²) >= 11 is 0. The van der Waals surface area contributed by atoms with E-state index in [1.165, 1.54) is 6.92 Å². The highest BCUT2D eigenvalue weighted by atomic mass is 16.7. The molecule has 1 aromatic carbocycles. The van der Waals surface area contributed by atoms with E-state index in [0.717, 1.165) is 5.56 Å². The third-order valence-electron chi connectivity index (χ3n) is 3.59. The summed E-state index contributed by atoms with van der Waals surface area (Å²) in [4.78, 5) is 22.9. The van der Waals surface area contributed by atoms with Crippen LogP contribution < -0.4 is 5.32 Å². The molecule has 6 nitrogen and oxygen atoms in total. The van der Waals surface area contributed by atoms with Crippen LogP contribution in [-0.4, -0.2) is 36.7 Å². The van der Waals surface area contributed by atoms with Crippen molar-refractivity contribution < 1.29 is 23.8 Å². The van der Waals surface area contributed by atoms with E-state index < -0.39 is 24.4 Å². The van der Waals surface area contributed by atoms with E-state index in [2.05, 4.69) is 5.32 Å². The number of ether oxygens (including phenoxy) is 3. The van der Waals surface area contributed by atoms with Crippen molar-refractivity contribution in [3.8, 4) is 0 Å². The number of amides is 1. The quantitative estimate of drug-likeness (QED) is 0.820. The van der Waals surface area contributed by atoms with Gasteiger partial charge < -0.3 is 19.5 Å². The highest BCUT2D eigenvalue weighted by Gasteiger charge is 2.43. The van der Waals surface area contributed by atoms with Gasteiger partial charge in [0.15, 0.2) is 12.4 Å². The summed E-state index contributed by atoms with van der Waals surface area (Å²) in [5.74, 6) is -0.695. The van der Waals surface area contributed by atoms with Crippen LogP contribution in [0.15, 0.2) is 30.3 Å². The molecule has 112 valence electrons. The molecule has 0 unspecified atom stereocenters. The Morgan fingerprint density at radius 3 is 2.71 bits per heavy atom. The Labute approximate surface area is 122 Å². The lowest BCUT2D eigenvalue weighted by atomic mass is 10.00. The van der Waals surface area contributed by atoms with E-state index in [1.807, 2.05) is 30.3 Å². The normalized spacial score (nSPS) is 32.0. The zero-order chi connectivity index (χ0) is 14.8. The average molecular weight is 291 g/mol. The molecule has 1 aromatic rings. The zero-order valence-electron chi connectivity index (χ0n) is 11.7. The minimum Gasteiger partial charge on any atom is -0.456 e. The second-order valence-electron chi connectivity index (χ2n) is 5.21. The maximum absolute atomic E-state index is 11.8. The van der Waals surface area contributed by atoms with Gasteiger partial charge in [-0.1, -0.05) is 30.3 Å². The molecule has 0 bridgehead atoms. The minimum absolute atomic E-state index is 0.262. The van der Waals surface area contributed by atoms with Gasteiger partial charge in [0.25, 0.3) is 0 Å². The number of fused-ring (bicyclic) bond motifs is 1. The Kier molecular flexibility index (Phi) is 3.90. The predicted molar refractivity (Wildman–Crippen MR) is 72.1 cm³/mol. The highest BCUT2D eigenvalue weighted by molar-refractivity contribution is 5.83. The molecule has 0 saturated carbocycles. The van der Waals surface area contributed by atoms with E-state index >= 15 is 0 Å². The number of carbonyl (C=O) groups excluding carboxylic acids is 2. The molecule has 2 saturated heterocycles. The molecular weight excluding hydrogens is 274 g/mol. The molecule has 6 heteroatoms. The van der Waals surface area contributed by atoms with E-state index in [-0.39, 0.29) is 12.0 Å². The molecule has 0 spiro atoms. The first-order chi connectivity index (χ1) is 10.1. The van der Waals surface area contributed by atoms with Crippen molar-refractivity contribution in [2.24, 2.45) is 0 Å².